The Labute approximate surface area is 165 Å². The number of methoxy groups -OCH3 is 2. The van der Waals surface area contributed by atoms with Crippen LogP contribution in [-0.2, 0) is 6.61 Å². The summed E-state index contributed by atoms with van der Waals surface area (Å²) in [6.45, 7) is -0.207. The molecule has 3 radical (unpaired) electrons. The van der Waals surface area contributed by atoms with Crippen molar-refractivity contribution in [3.63, 3.8) is 0 Å². The Kier molecular flexibility index (Phi) is 13.4. The van der Waals surface area contributed by atoms with E-state index in [1.807, 2.05) is 0 Å². The molecule has 4 nitrogen and oxygen atoms in total. The van der Waals surface area contributed by atoms with Crippen LogP contribution in [0.4, 0.5) is 8.78 Å². The fourth-order valence-electron chi connectivity index (χ4n) is 1.67. The Morgan fingerprint density at radius 3 is 2.00 bits per heavy atom. The van der Waals surface area contributed by atoms with Gasteiger partial charge in [0.25, 0.3) is 0 Å². The molecule has 2 aromatic carbocycles. The SMILES string of the molecule is COc1ccc(F)cc1C=O.COc1ccc(F)cc1CO.[B].[H-].[Na+]. The molecule has 1 N–H and O–H groups in total. The van der Waals surface area contributed by atoms with Crippen molar-refractivity contribution in [3.8, 4) is 11.5 Å². The van der Waals surface area contributed by atoms with Crippen LogP contribution >= 0.6 is 0 Å². The summed E-state index contributed by atoms with van der Waals surface area (Å²) in [5, 5.41) is 8.73. The molecule has 24 heavy (non-hydrogen) atoms. The summed E-state index contributed by atoms with van der Waals surface area (Å²) < 4.78 is 34.6. The van der Waals surface area contributed by atoms with Crippen LogP contribution in [0.3, 0.4) is 0 Å². The van der Waals surface area contributed by atoms with E-state index in [1.54, 1.807) is 0 Å². The number of hydrogen-bond donors (Lipinski definition) is 1. The molecular formula is C16H17BF2NaO4. The minimum Gasteiger partial charge on any atom is -1.00 e. The van der Waals surface area contributed by atoms with Gasteiger partial charge in [0, 0.05) is 14.0 Å². The van der Waals surface area contributed by atoms with Crippen LogP contribution in [0, 0.1) is 11.6 Å². The third-order valence-corrected chi connectivity index (χ3v) is 2.73. The van der Waals surface area contributed by atoms with Gasteiger partial charge in [-0.1, -0.05) is 0 Å². The fourth-order valence-corrected chi connectivity index (χ4v) is 1.67. The van der Waals surface area contributed by atoms with Crippen LogP contribution in [0.15, 0.2) is 36.4 Å². The van der Waals surface area contributed by atoms with E-state index in [-0.39, 0.29) is 57.4 Å². The maximum Gasteiger partial charge on any atom is 1.00 e. The van der Waals surface area contributed by atoms with Crippen LogP contribution in [0.25, 0.3) is 0 Å². The van der Waals surface area contributed by atoms with Gasteiger partial charge in [-0.05, 0) is 36.4 Å². The van der Waals surface area contributed by atoms with Gasteiger partial charge in [-0.3, -0.25) is 4.79 Å². The van der Waals surface area contributed by atoms with Gasteiger partial charge in [0.15, 0.2) is 6.29 Å². The van der Waals surface area contributed by atoms with Crippen LogP contribution < -0.4 is 39.0 Å². The number of rotatable bonds is 4. The third kappa shape index (κ3) is 7.44. The largest absolute Gasteiger partial charge is 1.00 e. The van der Waals surface area contributed by atoms with Crippen molar-refractivity contribution < 1.29 is 59.1 Å². The monoisotopic (exact) mass is 345 g/mol. The molecule has 0 spiro atoms. The molecule has 0 amide bonds. The average molecular weight is 345 g/mol. The Bertz CT molecular complexity index is 648. The van der Waals surface area contributed by atoms with E-state index in [4.69, 9.17) is 14.6 Å². The molecule has 8 heteroatoms. The minimum atomic E-state index is -0.437. The zero-order chi connectivity index (χ0) is 16.5. The molecular weight excluding hydrogens is 328 g/mol. The van der Waals surface area contributed by atoms with Crippen molar-refractivity contribution >= 4 is 14.7 Å². The van der Waals surface area contributed by atoms with Crippen molar-refractivity contribution in [2.45, 2.75) is 6.61 Å². The van der Waals surface area contributed by atoms with E-state index in [1.165, 1.54) is 44.6 Å². The number of hydrogen-bond acceptors (Lipinski definition) is 4. The number of aldehydes is 1. The fraction of sp³-hybridized carbons (Fsp3) is 0.188. The molecule has 0 aliphatic heterocycles. The molecule has 0 bridgehead atoms. The molecule has 0 saturated heterocycles. The summed E-state index contributed by atoms with van der Waals surface area (Å²) in [7, 11) is 2.91. The Balaban J connectivity index is -0.000000346. The second-order valence-corrected chi connectivity index (χ2v) is 4.12. The van der Waals surface area contributed by atoms with E-state index in [9.17, 15) is 13.6 Å². The molecule has 0 aliphatic rings. The minimum absolute atomic E-state index is 0. The maximum atomic E-state index is 12.5. The predicted molar refractivity (Wildman–Crippen MR) is 84.1 cm³/mol. The zero-order valence-corrected chi connectivity index (χ0v) is 15.8. The molecule has 0 fully saturated rings. The number of aliphatic hydroxyl groups excluding tert-OH is 1. The number of halogens is 2. The quantitative estimate of drug-likeness (QED) is 0.611. The van der Waals surface area contributed by atoms with Gasteiger partial charge in [0.1, 0.15) is 23.1 Å². The van der Waals surface area contributed by atoms with E-state index in [0.717, 1.165) is 6.07 Å². The van der Waals surface area contributed by atoms with Gasteiger partial charge in [-0.25, -0.2) is 8.78 Å². The van der Waals surface area contributed by atoms with E-state index < -0.39 is 5.82 Å². The van der Waals surface area contributed by atoms with Crippen molar-refractivity contribution in [1.29, 1.82) is 0 Å². The molecule has 0 unspecified atom stereocenters. The number of benzene rings is 2. The Morgan fingerprint density at radius 2 is 1.54 bits per heavy atom. The number of carbonyl (C=O) groups excluding carboxylic acids is 1. The average Bonchev–Trinajstić information content (AvgIpc) is 2.55. The third-order valence-electron chi connectivity index (χ3n) is 2.73. The van der Waals surface area contributed by atoms with Crippen molar-refractivity contribution in [2.75, 3.05) is 14.2 Å². The van der Waals surface area contributed by atoms with Gasteiger partial charge in [-0.15, -0.1) is 0 Å². The summed E-state index contributed by atoms with van der Waals surface area (Å²) in [6.07, 6.45) is 0.557. The Morgan fingerprint density at radius 1 is 1.04 bits per heavy atom. The summed E-state index contributed by atoms with van der Waals surface area (Å²) in [6, 6.07) is 7.81. The van der Waals surface area contributed by atoms with Crippen LogP contribution in [-0.4, -0.2) is 34.0 Å². The molecule has 0 aromatic heterocycles. The van der Waals surface area contributed by atoms with E-state index in [2.05, 4.69) is 0 Å². The van der Waals surface area contributed by atoms with Crippen LogP contribution in [0.2, 0.25) is 0 Å². The number of aliphatic hydroxyl groups is 1. The summed E-state index contributed by atoms with van der Waals surface area (Å²) in [5.74, 6) is 0.0954. The molecule has 2 rings (SSSR count). The van der Waals surface area contributed by atoms with Gasteiger partial charge in [-0.2, -0.15) is 0 Å². The first-order chi connectivity index (χ1) is 10.5. The summed E-state index contributed by atoms with van der Waals surface area (Å²) in [5.41, 5.74) is 0.694. The molecule has 0 atom stereocenters. The smallest absolute Gasteiger partial charge is 1.00 e. The molecule has 123 valence electrons. The van der Waals surface area contributed by atoms with Gasteiger partial charge >= 0.3 is 29.6 Å². The molecule has 2 aromatic rings. The van der Waals surface area contributed by atoms with E-state index in [0.29, 0.717) is 23.3 Å². The summed E-state index contributed by atoms with van der Waals surface area (Å²) in [4.78, 5) is 10.3. The van der Waals surface area contributed by atoms with Crippen molar-refractivity contribution in [3.05, 3.63) is 59.2 Å². The molecule has 0 aliphatic carbocycles. The predicted octanol–water partition coefficient (Wildman–Crippen LogP) is -0.291. The Hall–Kier alpha value is -1.41. The second kappa shape index (κ2) is 13.0. The zero-order valence-electron chi connectivity index (χ0n) is 14.8. The van der Waals surface area contributed by atoms with Crippen molar-refractivity contribution in [1.82, 2.24) is 0 Å². The normalized spacial score (nSPS) is 8.71. The topological polar surface area (TPSA) is 55.8 Å². The van der Waals surface area contributed by atoms with Gasteiger partial charge in [0.05, 0.1) is 26.4 Å². The molecule has 0 saturated carbocycles. The van der Waals surface area contributed by atoms with Crippen LogP contribution in [0.1, 0.15) is 17.3 Å². The first-order valence-corrected chi connectivity index (χ1v) is 6.27. The second-order valence-electron chi connectivity index (χ2n) is 4.12. The molecule has 0 heterocycles. The maximum absolute atomic E-state index is 12.5. The summed E-state index contributed by atoms with van der Waals surface area (Å²) >= 11 is 0. The van der Waals surface area contributed by atoms with E-state index >= 15 is 0 Å². The number of carbonyl (C=O) groups is 1. The van der Waals surface area contributed by atoms with Gasteiger partial charge < -0.3 is 16.0 Å². The standard InChI is InChI=1S/C8H9FO2.C8H7FO2.B.Na.H/c2*1-11-8-3-2-7(9)4-6(8)5-10;;;/h2-4,10H,5H2,1H3;2-5H,1H3;;;/q;;;+1;-1. The first-order valence-electron chi connectivity index (χ1n) is 6.27. The van der Waals surface area contributed by atoms with Gasteiger partial charge in [0.2, 0.25) is 0 Å². The van der Waals surface area contributed by atoms with Crippen molar-refractivity contribution in [2.24, 2.45) is 0 Å². The first kappa shape index (κ1) is 24.8. The number of ether oxygens (including phenoxy) is 2. The van der Waals surface area contributed by atoms with Crippen LogP contribution in [0.5, 0.6) is 11.5 Å².